The lowest BCUT2D eigenvalue weighted by atomic mass is 9.95. The average Bonchev–Trinajstić information content (AvgIpc) is 2.82. The Morgan fingerprint density at radius 3 is 2.09 bits per heavy atom. The molecule has 0 aliphatic carbocycles. The largest absolute Gasteiger partial charge is 0.382 e. The number of halogens is 1. The van der Waals surface area contributed by atoms with E-state index < -0.39 is 5.91 Å². The van der Waals surface area contributed by atoms with Crippen molar-refractivity contribution in [2.75, 3.05) is 18.0 Å². The van der Waals surface area contributed by atoms with E-state index >= 15 is 0 Å². The molecule has 1 aromatic heterocycles. The molecule has 0 atom stereocenters. The van der Waals surface area contributed by atoms with E-state index in [1.807, 2.05) is 0 Å². The molecule has 2 aromatic carbocycles. The number of aromatic nitrogens is 2. The number of rotatable bonds is 9. The van der Waals surface area contributed by atoms with Gasteiger partial charge in [0.1, 0.15) is 7.85 Å². The number of carbonyl (C=O) groups is 1. The fraction of sp³-hybridized carbons (Fsp3) is 0.250. The highest BCUT2D eigenvalue weighted by Gasteiger charge is 2.16. The number of nitrogen functional groups attached to an aromatic ring is 2. The third-order valence-electron chi connectivity index (χ3n) is 5.33. The summed E-state index contributed by atoms with van der Waals surface area (Å²) in [5.41, 5.74) is 16.1. The standard InChI is InChI=1S/C24H29BClN7O/c25-13-12-16-6-10-18(11-7-16)17-8-4-15(5-9-17)3-1-2-14-30-24(29)33-23(34)19-21(27)32-22(28)20(26)31-19/h4-11H,1-3,12-14,25H2,(H4,27,28,32)(H3,29,30,33,34). The van der Waals surface area contributed by atoms with Crippen molar-refractivity contribution in [2.24, 2.45) is 0 Å². The van der Waals surface area contributed by atoms with Crippen LogP contribution in [0.2, 0.25) is 11.5 Å². The minimum Gasteiger partial charge on any atom is -0.382 e. The molecule has 0 unspecified atom stereocenters. The van der Waals surface area contributed by atoms with Crippen LogP contribution in [0.4, 0.5) is 11.6 Å². The van der Waals surface area contributed by atoms with Crippen molar-refractivity contribution in [2.45, 2.75) is 32.0 Å². The molecular weight excluding hydrogens is 449 g/mol. The zero-order valence-electron chi connectivity index (χ0n) is 19.2. The Labute approximate surface area is 205 Å². The van der Waals surface area contributed by atoms with Gasteiger partial charge in [0.05, 0.1) is 0 Å². The van der Waals surface area contributed by atoms with Crippen molar-refractivity contribution in [3.05, 3.63) is 70.5 Å². The van der Waals surface area contributed by atoms with Gasteiger partial charge >= 0.3 is 0 Å². The van der Waals surface area contributed by atoms with Crippen LogP contribution in [0.15, 0.2) is 48.5 Å². The van der Waals surface area contributed by atoms with Gasteiger partial charge in [0, 0.05) is 6.54 Å². The van der Waals surface area contributed by atoms with Crippen LogP contribution in [-0.2, 0) is 12.8 Å². The minimum absolute atomic E-state index is 0.0559. The zero-order chi connectivity index (χ0) is 24.5. The van der Waals surface area contributed by atoms with Gasteiger partial charge in [-0.05, 0) is 47.9 Å². The number of hydrogen-bond acceptors (Lipinski definition) is 6. The van der Waals surface area contributed by atoms with Crippen LogP contribution in [0.3, 0.4) is 0 Å². The van der Waals surface area contributed by atoms with Crippen molar-refractivity contribution in [3.63, 3.8) is 0 Å². The number of guanidine groups is 1. The van der Waals surface area contributed by atoms with E-state index in [2.05, 4.69) is 77.0 Å². The van der Waals surface area contributed by atoms with Crippen LogP contribution in [0.5, 0.6) is 0 Å². The lowest BCUT2D eigenvalue weighted by molar-refractivity contribution is 0.0971. The third kappa shape index (κ3) is 6.95. The molecule has 0 bridgehead atoms. The van der Waals surface area contributed by atoms with Gasteiger partial charge in [0.15, 0.2) is 28.4 Å². The van der Waals surface area contributed by atoms with Crippen LogP contribution >= 0.6 is 11.6 Å². The third-order valence-corrected chi connectivity index (χ3v) is 5.61. The average molecular weight is 478 g/mol. The summed E-state index contributed by atoms with van der Waals surface area (Å²) in [5.74, 6) is -1.02. The first-order valence-corrected chi connectivity index (χ1v) is 11.7. The second kappa shape index (κ2) is 12.0. The number of aryl methyl sites for hydroxylation is 2. The van der Waals surface area contributed by atoms with Crippen LogP contribution < -0.4 is 22.1 Å². The molecule has 34 heavy (non-hydrogen) atoms. The van der Waals surface area contributed by atoms with Gasteiger partial charge in [0.2, 0.25) is 0 Å². The van der Waals surface area contributed by atoms with Crippen LogP contribution in [0, 0.1) is 5.41 Å². The van der Waals surface area contributed by atoms with Gasteiger partial charge in [-0.15, -0.1) is 0 Å². The summed E-state index contributed by atoms with van der Waals surface area (Å²) in [5, 5.41) is 13.0. The van der Waals surface area contributed by atoms with E-state index in [1.165, 1.54) is 22.3 Å². The normalized spacial score (nSPS) is 10.6. The fourth-order valence-electron chi connectivity index (χ4n) is 3.51. The quantitative estimate of drug-likeness (QED) is 0.139. The molecule has 176 valence electrons. The number of benzene rings is 2. The molecule has 8 nitrogen and oxygen atoms in total. The molecule has 0 fully saturated rings. The molecule has 0 saturated heterocycles. The second-order valence-corrected chi connectivity index (χ2v) is 8.35. The van der Waals surface area contributed by atoms with Gasteiger partial charge < -0.3 is 16.8 Å². The topological polar surface area (TPSA) is 143 Å². The predicted octanol–water partition coefficient (Wildman–Crippen LogP) is 2.83. The molecule has 1 amide bonds. The van der Waals surface area contributed by atoms with E-state index in [0.29, 0.717) is 6.54 Å². The number of amides is 1. The number of nitrogens with zero attached hydrogens (tertiary/aromatic N) is 2. The molecule has 0 saturated carbocycles. The summed E-state index contributed by atoms with van der Waals surface area (Å²) in [6.45, 7) is 0.547. The molecule has 0 aliphatic heterocycles. The maximum atomic E-state index is 12.2. The van der Waals surface area contributed by atoms with Gasteiger partial charge in [-0.25, -0.2) is 9.97 Å². The first kappa shape index (κ1) is 25.0. The van der Waals surface area contributed by atoms with Gasteiger partial charge in [-0.2, -0.15) is 0 Å². The molecule has 3 rings (SSSR count). The smallest absolute Gasteiger partial charge is 0.280 e. The number of nitrogens with one attached hydrogen (secondary N) is 3. The zero-order valence-corrected chi connectivity index (χ0v) is 20.0. The monoisotopic (exact) mass is 477 g/mol. The summed E-state index contributed by atoms with van der Waals surface area (Å²) in [6, 6.07) is 17.4. The maximum absolute atomic E-state index is 12.2. The molecule has 7 N–H and O–H groups in total. The van der Waals surface area contributed by atoms with Crippen molar-refractivity contribution >= 4 is 42.9 Å². The van der Waals surface area contributed by atoms with Gasteiger partial charge in [-0.3, -0.25) is 15.5 Å². The number of anilines is 2. The van der Waals surface area contributed by atoms with E-state index in [4.69, 9.17) is 28.5 Å². The molecular formula is C24H29BClN7O. The molecule has 1 heterocycles. The number of carbonyl (C=O) groups excluding carboxylic acids is 1. The highest BCUT2D eigenvalue weighted by atomic mass is 35.5. The first-order chi connectivity index (χ1) is 16.4. The van der Waals surface area contributed by atoms with Crippen molar-refractivity contribution in [1.29, 1.82) is 5.41 Å². The predicted molar refractivity (Wildman–Crippen MR) is 141 cm³/mol. The molecule has 0 aliphatic rings. The minimum atomic E-state index is -0.676. The number of hydrogen-bond donors (Lipinski definition) is 5. The Bertz CT molecular complexity index is 1140. The van der Waals surface area contributed by atoms with Crippen molar-refractivity contribution < 1.29 is 4.79 Å². The van der Waals surface area contributed by atoms with E-state index in [9.17, 15) is 4.79 Å². The van der Waals surface area contributed by atoms with Crippen molar-refractivity contribution in [3.8, 4) is 11.1 Å². The van der Waals surface area contributed by atoms with Crippen LogP contribution in [0.25, 0.3) is 11.1 Å². The Kier molecular flexibility index (Phi) is 8.87. The Hall–Kier alpha value is -3.59. The lowest BCUT2D eigenvalue weighted by Gasteiger charge is -2.10. The highest BCUT2D eigenvalue weighted by molar-refractivity contribution is 6.31. The summed E-state index contributed by atoms with van der Waals surface area (Å²) >= 11 is 5.79. The first-order valence-electron chi connectivity index (χ1n) is 11.3. The number of unbranched alkanes of at least 4 members (excludes halogenated alkanes) is 1. The molecule has 0 radical (unpaired) electrons. The Balaban J connectivity index is 1.38. The van der Waals surface area contributed by atoms with Crippen molar-refractivity contribution in [1.82, 2.24) is 20.6 Å². The Morgan fingerprint density at radius 2 is 1.50 bits per heavy atom. The summed E-state index contributed by atoms with van der Waals surface area (Å²) in [6.07, 6.45) is 5.00. The van der Waals surface area contributed by atoms with Gasteiger partial charge in [0.25, 0.3) is 5.91 Å². The summed E-state index contributed by atoms with van der Waals surface area (Å²) < 4.78 is 0. The van der Waals surface area contributed by atoms with Gasteiger partial charge in [-0.1, -0.05) is 66.5 Å². The van der Waals surface area contributed by atoms with Crippen LogP contribution in [0.1, 0.15) is 34.5 Å². The molecule has 0 spiro atoms. The van der Waals surface area contributed by atoms with E-state index in [0.717, 1.165) is 32.0 Å². The molecule has 3 aromatic rings. The summed E-state index contributed by atoms with van der Waals surface area (Å²) in [7, 11) is 2.19. The fourth-order valence-corrected chi connectivity index (χ4v) is 3.64. The number of nitrogens with two attached hydrogens (primary N) is 2. The summed E-state index contributed by atoms with van der Waals surface area (Å²) in [4.78, 5) is 19.8. The lowest BCUT2D eigenvalue weighted by Crippen LogP contribution is -2.41. The highest BCUT2D eigenvalue weighted by Crippen LogP contribution is 2.21. The van der Waals surface area contributed by atoms with E-state index in [-0.39, 0.29) is 28.4 Å². The SMILES string of the molecule is BCCc1ccc(-c2ccc(CCCCNC(=N)NC(=O)c3nc(Cl)c(N)nc3N)cc2)cc1. The van der Waals surface area contributed by atoms with Crippen LogP contribution in [-0.4, -0.2) is 36.2 Å². The van der Waals surface area contributed by atoms with E-state index in [1.54, 1.807) is 0 Å². The second-order valence-electron chi connectivity index (χ2n) is 7.99. The maximum Gasteiger partial charge on any atom is 0.280 e. The Morgan fingerprint density at radius 1 is 0.912 bits per heavy atom. The molecule has 10 heteroatoms.